The second-order valence-corrected chi connectivity index (χ2v) is 5.36. The van der Waals surface area contributed by atoms with E-state index in [0.717, 1.165) is 38.3 Å². The van der Waals surface area contributed by atoms with Gasteiger partial charge >= 0.3 is 0 Å². The molecule has 7 heteroatoms. The van der Waals surface area contributed by atoms with Gasteiger partial charge in [-0.3, -0.25) is 4.79 Å². The van der Waals surface area contributed by atoms with Crippen LogP contribution in [-0.2, 0) is 4.79 Å². The lowest BCUT2D eigenvalue weighted by Gasteiger charge is -2.36. The first-order valence-corrected chi connectivity index (χ1v) is 7.10. The van der Waals surface area contributed by atoms with Gasteiger partial charge in [0, 0.05) is 44.3 Å². The number of benzene rings is 1. The third kappa shape index (κ3) is 5.99. The van der Waals surface area contributed by atoms with Crippen molar-refractivity contribution in [3.8, 4) is 0 Å². The highest BCUT2D eigenvalue weighted by molar-refractivity contribution is 5.85. The van der Waals surface area contributed by atoms with E-state index in [-0.39, 0.29) is 42.6 Å². The van der Waals surface area contributed by atoms with Crippen molar-refractivity contribution in [3.05, 3.63) is 30.1 Å². The van der Waals surface area contributed by atoms with Gasteiger partial charge in [0.1, 0.15) is 5.82 Å². The molecule has 4 nitrogen and oxygen atoms in total. The zero-order chi connectivity index (χ0) is 14.5. The number of piperazine rings is 1. The van der Waals surface area contributed by atoms with E-state index in [2.05, 4.69) is 4.90 Å². The Labute approximate surface area is 143 Å². The number of nitrogens with two attached hydrogens (primary N) is 1. The van der Waals surface area contributed by atoms with E-state index in [1.165, 1.54) is 12.1 Å². The van der Waals surface area contributed by atoms with Crippen molar-refractivity contribution in [2.24, 2.45) is 5.73 Å². The van der Waals surface area contributed by atoms with Crippen molar-refractivity contribution < 1.29 is 9.18 Å². The standard InChI is InChI=1S/C15H22FN3O.2ClH/c1-12(17)2-7-15(20)19-10-8-18(9-11-19)14-5-3-13(16)4-6-14;;/h3-6,12H,2,7-11,17H2,1H3;2*1H. The summed E-state index contributed by atoms with van der Waals surface area (Å²) in [5.74, 6) is -0.0421. The molecule has 1 aromatic rings. The van der Waals surface area contributed by atoms with Crippen molar-refractivity contribution in [1.29, 1.82) is 0 Å². The highest BCUT2D eigenvalue weighted by Crippen LogP contribution is 2.17. The molecule has 1 aliphatic heterocycles. The third-order valence-corrected chi connectivity index (χ3v) is 3.64. The molecule has 126 valence electrons. The topological polar surface area (TPSA) is 49.6 Å². The lowest BCUT2D eigenvalue weighted by molar-refractivity contribution is -0.131. The zero-order valence-electron chi connectivity index (χ0n) is 12.7. The summed E-state index contributed by atoms with van der Waals surface area (Å²) in [7, 11) is 0. The maximum atomic E-state index is 12.9. The molecule has 1 unspecified atom stereocenters. The van der Waals surface area contributed by atoms with Gasteiger partial charge in [-0.25, -0.2) is 4.39 Å². The van der Waals surface area contributed by atoms with Crippen molar-refractivity contribution in [3.63, 3.8) is 0 Å². The van der Waals surface area contributed by atoms with Crippen LogP contribution in [0.3, 0.4) is 0 Å². The lowest BCUT2D eigenvalue weighted by Crippen LogP contribution is -2.48. The molecular weight excluding hydrogens is 328 g/mol. The van der Waals surface area contributed by atoms with Crippen molar-refractivity contribution >= 4 is 36.4 Å². The number of carbonyl (C=O) groups excluding carboxylic acids is 1. The van der Waals surface area contributed by atoms with Gasteiger partial charge in [0.15, 0.2) is 0 Å². The normalized spacial score (nSPS) is 15.6. The number of hydrogen-bond acceptors (Lipinski definition) is 3. The molecule has 0 aliphatic carbocycles. The van der Waals surface area contributed by atoms with Crippen LogP contribution in [0.25, 0.3) is 0 Å². The number of nitrogens with zero attached hydrogens (tertiary/aromatic N) is 2. The minimum atomic E-state index is -0.224. The van der Waals surface area contributed by atoms with Crippen molar-refractivity contribution in [2.75, 3.05) is 31.1 Å². The van der Waals surface area contributed by atoms with Gasteiger partial charge in [0.05, 0.1) is 0 Å². The molecule has 1 aromatic carbocycles. The zero-order valence-corrected chi connectivity index (χ0v) is 14.3. The summed E-state index contributed by atoms with van der Waals surface area (Å²) in [6.07, 6.45) is 1.26. The fourth-order valence-electron chi connectivity index (χ4n) is 2.38. The van der Waals surface area contributed by atoms with E-state index in [9.17, 15) is 9.18 Å². The molecule has 0 bridgehead atoms. The van der Waals surface area contributed by atoms with Crippen LogP contribution in [0, 0.1) is 5.82 Å². The van der Waals surface area contributed by atoms with Gasteiger partial charge in [-0.2, -0.15) is 0 Å². The Balaban J connectivity index is 0.00000220. The van der Waals surface area contributed by atoms with Crippen LogP contribution in [0.15, 0.2) is 24.3 Å². The molecule has 0 saturated carbocycles. The molecule has 0 radical (unpaired) electrons. The van der Waals surface area contributed by atoms with E-state index >= 15 is 0 Å². The maximum absolute atomic E-state index is 12.9. The molecule has 2 rings (SSSR count). The first kappa shape index (κ1) is 21.0. The van der Waals surface area contributed by atoms with Crippen LogP contribution in [0.4, 0.5) is 10.1 Å². The maximum Gasteiger partial charge on any atom is 0.222 e. The first-order chi connectivity index (χ1) is 9.56. The quantitative estimate of drug-likeness (QED) is 0.906. The summed E-state index contributed by atoms with van der Waals surface area (Å²) in [6.45, 7) is 4.93. The molecular formula is C15H24Cl2FN3O. The van der Waals surface area contributed by atoms with Gasteiger partial charge in [0.2, 0.25) is 5.91 Å². The molecule has 0 aromatic heterocycles. The average Bonchev–Trinajstić information content (AvgIpc) is 2.46. The molecule has 1 aliphatic rings. The van der Waals surface area contributed by atoms with Gasteiger partial charge < -0.3 is 15.5 Å². The largest absolute Gasteiger partial charge is 0.368 e. The van der Waals surface area contributed by atoms with E-state index in [0.29, 0.717) is 6.42 Å². The second-order valence-electron chi connectivity index (χ2n) is 5.36. The number of halogens is 3. The summed E-state index contributed by atoms with van der Waals surface area (Å²) in [5.41, 5.74) is 6.68. The molecule has 1 amide bonds. The SMILES string of the molecule is CC(N)CCC(=O)N1CCN(c2ccc(F)cc2)CC1.Cl.Cl. The molecule has 1 heterocycles. The summed E-state index contributed by atoms with van der Waals surface area (Å²) >= 11 is 0. The monoisotopic (exact) mass is 351 g/mol. The van der Waals surface area contributed by atoms with Gasteiger partial charge in [-0.1, -0.05) is 0 Å². The van der Waals surface area contributed by atoms with Crippen LogP contribution < -0.4 is 10.6 Å². The first-order valence-electron chi connectivity index (χ1n) is 7.10. The highest BCUT2D eigenvalue weighted by atomic mass is 35.5. The predicted octanol–water partition coefficient (Wildman–Crippen LogP) is 2.45. The Morgan fingerprint density at radius 1 is 1.18 bits per heavy atom. The summed E-state index contributed by atoms with van der Waals surface area (Å²) < 4.78 is 12.9. The Hall–Kier alpha value is -1.04. The molecule has 2 N–H and O–H groups in total. The van der Waals surface area contributed by atoms with Crippen LogP contribution in [0.5, 0.6) is 0 Å². The molecule has 22 heavy (non-hydrogen) atoms. The summed E-state index contributed by atoms with van der Waals surface area (Å²) in [6, 6.07) is 6.57. The lowest BCUT2D eigenvalue weighted by atomic mass is 10.1. The van der Waals surface area contributed by atoms with Gasteiger partial charge in [-0.15, -0.1) is 24.8 Å². The number of hydrogen-bond donors (Lipinski definition) is 1. The Morgan fingerprint density at radius 3 is 2.23 bits per heavy atom. The third-order valence-electron chi connectivity index (χ3n) is 3.64. The highest BCUT2D eigenvalue weighted by Gasteiger charge is 2.21. The summed E-state index contributed by atoms with van der Waals surface area (Å²) in [5, 5.41) is 0. The smallest absolute Gasteiger partial charge is 0.222 e. The van der Waals surface area contributed by atoms with Crippen molar-refractivity contribution in [2.45, 2.75) is 25.8 Å². The number of carbonyl (C=O) groups is 1. The van der Waals surface area contributed by atoms with Crippen LogP contribution in [-0.4, -0.2) is 43.0 Å². The molecule has 1 atom stereocenters. The minimum Gasteiger partial charge on any atom is -0.368 e. The Kier molecular flexibility index (Phi) is 9.41. The average molecular weight is 352 g/mol. The van der Waals surface area contributed by atoms with E-state index in [1.54, 1.807) is 12.1 Å². The van der Waals surface area contributed by atoms with Gasteiger partial charge in [-0.05, 0) is 37.6 Å². The Bertz CT molecular complexity index is 449. The fourth-order valence-corrected chi connectivity index (χ4v) is 2.38. The molecule has 1 fully saturated rings. The van der Waals surface area contributed by atoms with Crippen molar-refractivity contribution in [1.82, 2.24) is 4.90 Å². The molecule has 0 spiro atoms. The predicted molar refractivity (Wildman–Crippen MR) is 92.6 cm³/mol. The van der Waals surface area contributed by atoms with Crippen LogP contribution in [0.1, 0.15) is 19.8 Å². The Morgan fingerprint density at radius 2 is 1.73 bits per heavy atom. The minimum absolute atomic E-state index is 0. The number of amides is 1. The number of anilines is 1. The van der Waals surface area contributed by atoms with Crippen LogP contribution >= 0.6 is 24.8 Å². The van der Waals surface area contributed by atoms with E-state index < -0.39 is 0 Å². The molecule has 1 saturated heterocycles. The van der Waals surface area contributed by atoms with E-state index in [1.807, 2.05) is 11.8 Å². The van der Waals surface area contributed by atoms with E-state index in [4.69, 9.17) is 5.73 Å². The van der Waals surface area contributed by atoms with Gasteiger partial charge in [0.25, 0.3) is 0 Å². The summed E-state index contributed by atoms with van der Waals surface area (Å²) in [4.78, 5) is 16.1. The van der Waals surface area contributed by atoms with Crippen LogP contribution in [0.2, 0.25) is 0 Å². The second kappa shape index (κ2) is 9.87. The number of rotatable bonds is 4. The fraction of sp³-hybridized carbons (Fsp3) is 0.533.